The van der Waals surface area contributed by atoms with E-state index in [1.165, 1.54) is 0 Å². The molecule has 3 aliphatic rings. The van der Waals surface area contributed by atoms with Crippen molar-refractivity contribution in [3.63, 3.8) is 0 Å². The SMILES string of the molecule is Cc1cc(N2CCCC2)c(F)cc1C1C(c2ccccn2)N=C2SC(C)CN21. The number of fused-ring (bicyclic) bond motifs is 1. The minimum atomic E-state index is -0.115. The summed E-state index contributed by atoms with van der Waals surface area (Å²) in [6.45, 7) is 7.16. The van der Waals surface area contributed by atoms with E-state index in [0.717, 1.165) is 60.2 Å². The molecule has 3 unspecified atom stereocenters. The van der Waals surface area contributed by atoms with Crippen molar-refractivity contribution in [3.8, 4) is 0 Å². The minimum absolute atomic E-state index is 0.00415. The summed E-state index contributed by atoms with van der Waals surface area (Å²) in [5, 5.41) is 1.57. The average Bonchev–Trinajstić information content (AvgIpc) is 3.40. The van der Waals surface area contributed by atoms with Crippen LogP contribution in [-0.2, 0) is 0 Å². The van der Waals surface area contributed by atoms with Gasteiger partial charge in [-0.3, -0.25) is 9.98 Å². The molecule has 2 saturated heterocycles. The molecule has 0 saturated carbocycles. The van der Waals surface area contributed by atoms with Crippen LogP contribution in [0, 0.1) is 12.7 Å². The fraction of sp³-hybridized carbons (Fsp3) is 0.455. The molecular formula is C22H25FN4S. The molecule has 4 nitrogen and oxygen atoms in total. The maximum Gasteiger partial charge on any atom is 0.160 e. The fourth-order valence-electron chi connectivity index (χ4n) is 4.65. The van der Waals surface area contributed by atoms with Crippen LogP contribution in [0.15, 0.2) is 41.5 Å². The van der Waals surface area contributed by atoms with E-state index >= 15 is 4.39 Å². The Morgan fingerprint density at radius 3 is 2.75 bits per heavy atom. The zero-order valence-corrected chi connectivity index (χ0v) is 17.1. The maximum absolute atomic E-state index is 15.2. The van der Waals surface area contributed by atoms with Crippen molar-refractivity contribution < 1.29 is 4.39 Å². The molecule has 28 heavy (non-hydrogen) atoms. The first kappa shape index (κ1) is 18.0. The van der Waals surface area contributed by atoms with E-state index in [9.17, 15) is 0 Å². The largest absolute Gasteiger partial charge is 0.369 e. The van der Waals surface area contributed by atoms with Crippen LogP contribution in [0.1, 0.15) is 48.7 Å². The molecule has 3 atom stereocenters. The van der Waals surface area contributed by atoms with Gasteiger partial charge in [0.2, 0.25) is 0 Å². The van der Waals surface area contributed by atoms with Gasteiger partial charge in [-0.2, -0.15) is 0 Å². The van der Waals surface area contributed by atoms with Gasteiger partial charge in [-0.1, -0.05) is 24.8 Å². The highest BCUT2D eigenvalue weighted by atomic mass is 32.2. The van der Waals surface area contributed by atoms with E-state index < -0.39 is 0 Å². The number of thioether (sulfide) groups is 1. The van der Waals surface area contributed by atoms with Crippen LogP contribution in [0.2, 0.25) is 0 Å². The number of benzene rings is 1. The average molecular weight is 397 g/mol. The Morgan fingerprint density at radius 2 is 2.00 bits per heavy atom. The molecule has 1 aromatic heterocycles. The monoisotopic (exact) mass is 396 g/mol. The van der Waals surface area contributed by atoms with E-state index in [2.05, 4.69) is 28.6 Å². The second kappa shape index (κ2) is 7.07. The number of aryl methyl sites for hydroxylation is 1. The summed E-state index contributed by atoms with van der Waals surface area (Å²) in [5.41, 5.74) is 3.86. The number of aliphatic imine (C=N–C) groups is 1. The molecule has 0 aliphatic carbocycles. The standard InChI is InChI=1S/C22H25FN4S/c1-14-11-19(26-9-5-6-10-26)17(23)12-16(14)21-20(18-7-3-4-8-24-18)25-22-27(21)13-15(2)28-22/h3-4,7-8,11-12,15,20-21H,5-6,9-10,13H2,1-2H3. The van der Waals surface area contributed by atoms with Crippen molar-refractivity contribution in [2.75, 3.05) is 24.5 Å². The Bertz CT molecular complexity index is 910. The van der Waals surface area contributed by atoms with Crippen LogP contribution in [0.3, 0.4) is 0 Å². The number of rotatable bonds is 3. The van der Waals surface area contributed by atoms with Gasteiger partial charge >= 0.3 is 0 Å². The number of amidine groups is 1. The van der Waals surface area contributed by atoms with Crippen LogP contribution in [0.5, 0.6) is 0 Å². The number of aromatic nitrogens is 1. The topological polar surface area (TPSA) is 31.7 Å². The number of hydrogen-bond donors (Lipinski definition) is 0. The molecule has 4 heterocycles. The zero-order valence-electron chi connectivity index (χ0n) is 16.3. The van der Waals surface area contributed by atoms with E-state index in [-0.39, 0.29) is 17.9 Å². The Balaban J connectivity index is 1.57. The van der Waals surface area contributed by atoms with Gasteiger partial charge in [0, 0.05) is 31.1 Å². The Hall–Kier alpha value is -2.08. The van der Waals surface area contributed by atoms with Gasteiger partial charge in [-0.25, -0.2) is 4.39 Å². The maximum atomic E-state index is 15.2. The van der Waals surface area contributed by atoms with Gasteiger partial charge in [0.05, 0.1) is 17.4 Å². The second-order valence-electron chi connectivity index (χ2n) is 7.99. The van der Waals surface area contributed by atoms with Gasteiger partial charge < -0.3 is 9.80 Å². The van der Waals surface area contributed by atoms with Gasteiger partial charge in [0.1, 0.15) is 11.9 Å². The fourth-order valence-corrected chi connectivity index (χ4v) is 5.75. The van der Waals surface area contributed by atoms with Crippen molar-refractivity contribution in [3.05, 3.63) is 59.2 Å². The van der Waals surface area contributed by atoms with E-state index in [1.54, 1.807) is 6.07 Å². The Morgan fingerprint density at radius 1 is 1.18 bits per heavy atom. The van der Waals surface area contributed by atoms with Crippen LogP contribution in [-0.4, -0.2) is 39.9 Å². The smallest absolute Gasteiger partial charge is 0.160 e. The first-order valence-corrected chi connectivity index (χ1v) is 11.0. The number of hydrogen-bond acceptors (Lipinski definition) is 5. The lowest BCUT2D eigenvalue weighted by molar-refractivity contribution is 0.319. The highest BCUT2D eigenvalue weighted by molar-refractivity contribution is 8.14. The summed E-state index contributed by atoms with van der Waals surface area (Å²) < 4.78 is 15.2. The molecule has 1 aromatic carbocycles. The quantitative estimate of drug-likeness (QED) is 0.751. The van der Waals surface area contributed by atoms with E-state index in [4.69, 9.17) is 4.99 Å². The predicted octanol–water partition coefficient (Wildman–Crippen LogP) is 4.72. The zero-order chi connectivity index (χ0) is 19.3. The van der Waals surface area contributed by atoms with Gasteiger partial charge in [-0.05, 0) is 55.2 Å². The third-order valence-electron chi connectivity index (χ3n) is 5.98. The van der Waals surface area contributed by atoms with Crippen LogP contribution < -0.4 is 4.90 Å². The van der Waals surface area contributed by atoms with Crippen molar-refractivity contribution in [2.24, 2.45) is 4.99 Å². The molecule has 5 rings (SSSR count). The molecule has 0 radical (unpaired) electrons. The van der Waals surface area contributed by atoms with E-state index in [0.29, 0.717) is 5.25 Å². The number of anilines is 1. The Kier molecular flexibility index (Phi) is 4.54. The summed E-state index contributed by atoms with van der Waals surface area (Å²) in [7, 11) is 0. The second-order valence-corrected chi connectivity index (χ2v) is 9.40. The number of halogens is 1. The summed E-state index contributed by atoms with van der Waals surface area (Å²) >= 11 is 1.81. The molecule has 6 heteroatoms. The molecule has 146 valence electrons. The molecule has 3 aliphatic heterocycles. The summed E-state index contributed by atoms with van der Waals surface area (Å²) in [6.07, 6.45) is 4.10. The highest BCUT2D eigenvalue weighted by Gasteiger charge is 2.44. The molecular weight excluding hydrogens is 371 g/mol. The van der Waals surface area contributed by atoms with Crippen LogP contribution in [0.25, 0.3) is 0 Å². The summed E-state index contributed by atoms with van der Waals surface area (Å²) in [5.74, 6) is -0.115. The number of pyridine rings is 1. The number of nitrogens with zero attached hydrogens (tertiary/aromatic N) is 4. The third-order valence-corrected chi connectivity index (χ3v) is 7.08. The summed E-state index contributed by atoms with van der Waals surface area (Å²) in [4.78, 5) is 14.1. The van der Waals surface area contributed by atoms with Crippen molar-refractivity contribution in [1.82, 2.24) is 9.88 Å². The van der Waals surface area contributed by atoms with Gasteiger partial charge in [0.25, 0.3) is 0 Å². The van der Waals surface area contributed by atoms with Gasteiger partial charge in [-0.15, -0.1) is 0 Å². The normalized spacial score (nSPS) is 26.7. The molecule has 0 spiro atoms. The van der Waals surface area contributed by atoms with Crippen molar-refractivity contribution in [1.29, 1.82) is 0 Å². The minimum Gasteiger partial charge on any atom is -0.369 e. The summed E-state index contributed by atoms with van der Waals surface area (Å²) in [6, 6.07) is 9.67. The first-order chi connectivity index (χ1) is 13.6. The first-order valence-electron chi connectivity index (χ1n) is 10.1. The Labute approximate surface area is 169 Å². The predicted molar refractivity (Wildman–Crippen MR) is 113 cm³/mol. The van der Waals surface area contributed by atoms with Crippen molar-refractivity contribution >= 4 is 22.6 Å². The molecule has 0 bridgehead atoms. The van der Waals surface area contributed by atoms with Gasteiger partial charge in [0.15, 0.2) is 5.17 Å². The van der Waals surface area contributed by atoms with Crippen LogP contribution >= 0.6 is 11.8 Å². The molecule has 2 aromatic rings. The van der Waals surface area contributed by atoms with Crippen molar-refractivity contribution in [2.45, 2.75) is 44.0 Å². The molecule has 0 N–H and O–H groups in total. The van der Waals surface area contributed by atoms with Crippen LogP contribution in [0.4, 0.5) is 10.1 Å². The molecule has 0 amide bonds. The lowest BCUT2D eigenvalue weighted by Crippen LogP contribution is -2.29. The molecule has 2 fully saturated rings. The lowest BCUT2D eigenvalue weighted by Gasteiger charge is -2.29. The third kappa shape index (κ3) is 2.98. The highest BCUT2D eigenvalue weighted by Crippen LogP contribution is 2.48. The van der Waals surface area contributed by atoms with E-state index in [1.807, 2.05) is 42.2 Å². The lowest BCUT2D eigenvalue weighted by atomic mass is 9.92.